The quantitative estimate of drug-likeness (QED) is 0.756. The average molecular weight is 384 g/mol. The summed E-state index contributed by atoms with van der Waals surface area (Å²) < 4.78 is 48.4. The minimum atomic E-state index is -4.37. The van der Waals surface area contributed by atoms with Crippen molar-refractivity contribution in [3.8, 4) is 11.5 Å². The standard InChI is InChI=1S/C18H23F3N4O2/c1-10(2)13-7-15(27-4)14(26-3)6-11(13)5-12-8-23-17(22)25-16(12)24-9-18(19,20)21/h6-8,10H,5,9H2,1-4H3,(H3,22,23,24,25). The zero-order chi connectivity index (χ0) is 20.2. The van der Waals surface area contributed by atoms with E-state index in [2.05, 4.69) is 15.3 Å². The van der Waals surface area contributed by atoms with Gasteiger partial charge in [0.1, 0.15) is 12.4 Å². The Balaban J connectivity index is 2.44. The molecule has 0 radical (unpaired) electrons. The van der Waals surface area contributed by atoms with Crippen LogP contribution in [-0.2, 0) is 6.42 Å². The van der Waals surface area contributed by atoms with E-state index in [1.54, 1.807) is 7.11 Å². The Hall–Kier alpha value is -2.71. The van der Waals surface area contributed by atoms with Crippen LogP contribution >= 0.6 is 0 Å². The van der Waals surface area contributed by atoms with Gasteiger partial charge in [-0.05, 0) is 29.2 Å². The van der Waals surface area contributed by atoms with Crippen molar-refractivity contribution in [1.82, 2.24) is 9.97 Å². The molecule has 0 unspecified atom stereocenters. The summed E-state index contributed by atoms with van der Waals surface area (Å²) in [6, 6.07) is 3.69. The summed E-state index contributed by atoms with van der Waals surface area (Å²) in [5.74, 6) is 1.26. The van der Waals surface area contributed by atoms with Crippen LogP contribution in [0.3, 0.4) is 0 Å². The molecule has 0 amide bonds. The molecule has 0 spiro atoms. The fourth-order valence-corrected chi connectivity index (χ4v) is 2.72. The lowest BCUT2D eigenvalue weighted by molar-refractivity contribution is -0.115. The molecule has 3 N–H and O–H groups in total. The van der Waals surface area contributed by atoms with E-state index in [9.17, 15) is 13.2 Å². The van der Waals surface area contributed by atoms with Crippen molar-refractivity contribution in [1.29, 1.82) is 0 Å². The molecule has 1 aromatic carbocycles. The lowest BCUT2D eigenvalue weighted by Crippen LogP contribution is -2.23. The third-order valence-electron chi connectivity index (χ3n) is 3.99. The Morgan fingerprint density at radius 2 is 1.74 bits per heavy atom. The third kappa shape index (κ3) is 5.38. The highest BCUT2D eigenvalue weighted by molar-refractivity contribution is 5.53. The number of aromatic nitrogens is 2. The number of ether oxygens (including phenoxy) is 2. The number of benzene rings is 1. The molecule has 1 heterocycles. The predicted octanol–water partition coefficient (Wildman–Crippen LogP) is 3.76. The van der Waals surface area contributed by atoms with E-state index in [1.807, 2.05) is 26.0 Å². The van der Waals surface area contributed by atoms with Gasteiger partial charge in [-0.15, -0.1) is 0 Å². The number of anilines is 2. The number of hydrogen-bond acceptors (Lipinski definition) is 6. The van der Waals surface area contributed by atoms with E-state index in [0.717, 1.165) is 11.1 Å². The van der Waals surface area contributed by atoms with Gasteiger partial charge >= 0.3 is 6.18 Å². The van der Waals surface area contributed by atoms with E-state index >= 15 is 0 Å². The lowest BCUT2D eigenvalue weighted by Gasteiger charge is -2.18. The van der Waals surface area contributed by atoms with E-state index < -0.39 is 12.7 Å². The first kappa shape index (κ1) is 20.6. The van der Waals surface area contributed by atoms with Crippen molar-refractivity contribution in [2.24, 2.45) is 0 Å². The highest BCUT2D eigenvalue weighted by Gasteiger charge is 2.27. The fraction of sp³-hybridized carbons (Fsp3) is 0.444. The maximum atomic E-state index is 12.6. The Labute approximate surface area is 155 Å². The Morgan fingerprint density at radius 1 is 1.11 bits per heavy atom. The molecular formula is C18H23F3N4O2. The second-order valence-corrected chi connectivity index (χ2v) is 6.31. The zero-order valence-electron chi connectivity index (χ0n) is 15.6. The van der Waals surface area contributed by atoms with Gasteiger partial charge in [-0.25, -0.2) is 4.98 Å². The Morgan fingerprint density at radius 3 is 2.30 bits per heavy atom. The summed E-state index contributed by atoms with van der Waals surface area (Å²) in [7, 11) is 3.08. The summed E-state index contributed by atoms with van der Waals surface area (Å²) in [4.78, 5) is 7.84. The minimum Gasteiger partial charge on any atom is -0.493 e. The Kier molecular flexibility index (Phi) is 6.35. The summed E-state index contributed by atoms with van der Waals surface area (Å²) in [5.41, 5.74) is 7.92. The highest BCUT2D eigenvalue weighted by atomic mass is 19.4. The van der Waals surface area contributed by atoms with Crippen LogP contribution in [-0.4, -0.2) is 36.9 Å². The van der Waals surface area contributed by atoms with Crippen LogP contribution in [0, 0.1) is 0 Å². The van der Waals surface area contributed by atoms with Gasteiger partial charge in [0.2, 0.25) is 5.95 Å². The SMILES string of the molecule is COc1cc(Cc2cnc(N)nc2NCC(F)(F)F)c(C(C)C)cc1OC. The molecule has 148 valence electrons. The molecular weight excluding hydrogens is 361 g/mol. The van der Waals surface area contributed by atoms with Gasteiger partial charge in [-0.3, -0.25) is 0 Å². The van der Waals surface area contributed by atoms with Crippen LogP contribution in [0.4, 0.5) is 24.9 Å². The monoisotopic (exact) mass is 384 g/mol. The number of nitrogens with one attached hydrogen (secondary N) is 1. The molecule has 6 nitrogen and oxygen atoms in total. The molecule has 0 fully saturated rings. The van der Waals surface area contributed by atoms with Crippen LogP contribution in [0.25, 0.3) is 0 Å². The summed E-state index contributed by atoms with van der Waals surface area (Å²) in [6.07, 6.45) is -2.63. The molecule has 2 rings (SSSR count). The average Bonchev–Trinajstić information content (AvgIpc) is 2.60. The van der Waals surface area contributed by atoms with Crippen molar-refractivity contribution in [2.45, 2.75) is 32.4 Å². The molecule has 0 saturated heterocycles. The van der Waals surface area contributed by atoms with E-state index in [1.165, 1.54) is 13.3 Å². The maximum absolute atomic E-state index is 12.6. The van der Waals surface area contributed by atoms with Crippen molar-refractivity contribution in [2.75, 3.05) is 31.8 Å². The van der Waals surface area contributed by atoms with Crippen LogP contribution in [0.15, 0.2) is 18.3 Å². The molecule has 1 aromatic heterocycles. The zero-order valence-corrected chi connectivity index (χ0v) is 15.6. The molecule has 0 aliphatic rings. The summed E-state index contributed by atoms with van der Waals surface area (Å²) >= 11 is 0. The largest absolute Gasteiger partial charge is 0.493 e. The summed E-state index contributed by atoms with van der Waals surface area (Å²) in [5, 5.41) is 2.30. The molecule has 2 aromatic rings. The van der Waals surface area contributed by atoms with Crippen LogP contribution < -0.4 is 20.5 Å². The molecule has 0 aliphatic carbocycles. The number of methoxy groups -OCH3 is 2. The molecule has 0 atom stereocenters. The van der Waals surface area contributed by atoms with Gasteiger partial charge in [0, 0.05) is 18.2 Å². The van der Waals surface area contributed by atoms with Gasteiger partial charge in [-0.2, -0.15) is 18.2 Å². The van der Waals surface area contributed by atoms with Gasteiger partial charge < -0.3 is 20.5 Å². The maximum Gasteiger partial charge on any atom is 0.405 e. The normalized spacial score (nSPS) is 11.6. The number of nitrogen functional groups attached to an aromatic ring is 1. The minimum absolute atomic E-state index is 0.0596. The predicted molar refractivity (Wildman–Crippen MR) is 97.4 cm³/mol. The van der Waals surface area contributed by atoms with Crippen LogP contribution in [0.5, 0.6) is 11.5 Å². The topological polar surface area (TPSA) is 82.3 Å². The number of hydrogen-bond donors (Lipinski definition) is 2. The lowest BCUT2D eigenvalue weighted by atomic mass is 9.92. The van der Waals surface area contributed by atoms with Crippen molar-refractivity contribution >= 4 is 11.8 Å². The molecule has 9 heteroatoms. The number of nitrogens with zero attached hydrogens (tertiary/aromatic N) is 2. The number of rotatable bonds is 7. The van der Waals surface area contributed by atoms with Gasteiger partial charge in [-0.1, -0.05) is 13.8 Å². The second-order valence-electron chi connectivity index (χ2n) is 6.31. The fourth-order valence-electron chi connectivity index (χ4n) is 2.72. The van der Waals surface area contributed by atoms with Crippen molar-refractivity contribution < 1.29 is 22.6 Å². The third-order valence-corrected chi connectivity index (χ3v) is 3.99. The van der Waals surface area contributed by atoms with E-state index in [4.69, 9.17) is 15.2 Å². The first-order chi connectivity index (χ1) is 12.6. The van der Waals surface area contributed by atoms with E-state index in [-0.39, 0.29) is 17.7 Å². The van der Waals surface area contributed by atoms with Crippen molar-refractivity contribution in [3.05, 3.63) is 35.0 Å². The summed E-state index contributed by atoms with van der Waals surface area (Å²) in [6.45, 7) is 2.83. The molecule has 0 saturated carbocycles. The highest BCUT2D eigenvalue weighted by Crippen LogP contribution is 2.35. The molecule has 0 aliphatic heterocycles. The number of nitrogens with two attached hydrogens (primary N) is 1. The number of alkyl halides is 3. The number of halogens is 3. The first-order valence-corrected chi connectivity index (χ1v) is 8.31. The van der Waals surface area contributed by atoms with Gasteiger partial charge in [0.25, 0.3) is 0 Å². The smallest absolute Gasteiger partial charge is 0.405 e. The van der Waals surface area contributed by atoms with Gasteiger partial charge in [0.05, 0.1) is 14.2 Å². The van der Waals surface area contributed by atoms with E-state index in [0.29, 0.717) is 23.5 Å². The van der Waals surface area contributed by atoms with Crippen LogP contribution in [0.2, 0.25) is 0 Å². The first-order valence-electron chi connectivity index (χ1n) is 8.31. The van der Waals surface area contributed by atoms with Crippen LogP contribution in [0.1, 0.15) is 36.5 Å². The molecule has 0 bridgehead atoms. The second kappa shape index (κ2) is 8.32. The van der Waals surface area contributed by atoms with Crippen molar-refractivity contribution in [3.63, 3.8) is 0 Å². The Bertz CT molecular complexity index is 795. The molecule has 27 heavy (non-hydrogen) atoms. The van der Waals surface area contributed by atoms with Gasteiger partial charge in [0.15, 0.2) is 11.5 Å².